The van der Waals surface area contributed by atoms with Crippen molar-refractivity contribution in [1.82, 2.24) is 15.1 Å². The molecule has 2 aromatic rings. The summed E-state index contributed by atoms with van der Waals surface area (Å²) < 4.78 is 0. The highest BCUT2D eigenvalue weighted by Gasteiger charge is 2.10. The number of carbonyl (C=O) groups is 1. The predicted molar refractivity (Wildman–Crippen MR) is 96.6 cm³/mol. The largest absolute Gasteiger partial charge is 0.334 e. The number of nitrogens with one attached hydrogen (secondary N) is 1. The van der Waals surface area contributed by atoms with E-state index >= 15 is 0 Å². The van der Waals surface area contributed by atoms with Crippen LogP contribution in [0.2, 0.25) is 0 Å². The van der Waals surface area contributed by atoms with Gasteiger partial charge in [0, 0.05) is 25.0 Å². The fourth-order valence-corrected chi connectivity index (χ4v) is 3.25. The van der Waals surface area contributed by atoms with Gasteiger partial charge in [0.05, 0.1) is 6.54 Å². The average molecular weight is 331 g/mol. The standard InChI is InChI=1S/C18H25N3OS/c1-14-9-10-23-17(14)13-21(4)18(22)19-11-15-5-7-16(8-6-15)12-20(2)3/h5-10H,11-13H2,1-4H3,(H,19,22). The van der Waals surface area contributed by atoms with Gasteiger partial charge >= 0.3 is 6.03 Å². The van der Waals surface area contributed by atoms with Crippen molar-refractivity contribution in [2.45, 2.75) is 26.6 Å². The van der Waals surface area contributed by atoms with Gasteiger partial charge in [-0.1, -0.05) is 24.3 Å². The zero-order valence-corrected chi connectivity index (χ0v) is 15.1. The Bertz CT molecular complexity index is 634. The highest BCUT2D eigenvalue weighted by atomic mass is 32.1. The smallest absolute Gasteiger partial charge is 0.317 e. The predicted octanol–water partition coefficient (Wildman–Crippen LogP) is 3.46. The first kappa shape index (κ1) is 17.5. The lowest BCUT2D eigenvalue weighted by atomic mass is 10.1. The SMILES string of the molecule is Cc1ccsc1CN(C)C(=O)NCc1ccc(CN(C)C)cc1. The second-order valence-electron chi connectivity index (χ2n) is 6.10. The van der Waals surface area contributed by atoms with Crippen LogP contribution in [0.15, 0.2) is 35.7 Å². The van der Waals surface area contributed by atoms with E-state index < -0.39 is 0 Å². The number of hydrogen-bond acceptors (Lipinski definition) is 3. The van der Waals surface area contributed by atoms with Crippen LogP contribution in [0.4, 0.5) is 4.79 Å². The monoisotopic (exact) mass is 331 g/mol. The van der Waals surface area contributed by atoms with Crippen molar-refractivity contribution in [3.8, 4) is 0 Å². The first-order valence-electron chi connectivity index (χ1n) is 7.70. The number of hydrogen-bond donors (Lipinski definition) is 1. The van der Waals surface area contributed by atoms with Crippen molar-refractivity contribution in [3.63, 3.8) is 0 Å². The van der Waals surface area contributed by atoms with Gasteiger partial charge in [-0.15, -0.1) is 11.3 Å². The molecule has 1 aromatic heterocycles. The van der Waals surface area contributed by atoms with Crippen LogP contribution in [0.3, 0.4) is 0 Å². The lowest BCUT2D eigenvalue weighted by Crippen LogP contribution is -2.36. The van der Waals surface area contributed by atoms with Gasteiger partial charge in [0.2, 0.25) is 0 Å². The Morgan fingerprint density at radius 3 is 2.26 bits per heavy atom. The Morgan fingerprint density at radius 2 is 1.70 bits per heavy atom. The molecule has 0 atom stereocenters. The molecule has 0 bridgehead atoms. The summed E-state index contributed by atoms with van der Waals surface area (Å²) in [4.78, 5) is 17.3. The van der Waals surface area contributed by atoms with Crippen LogP contribution in [0.25, 0.3) is 0 Å². The van der Waals surface area contributed by atoms with Gasteiger partial charge in [0.15, 0.2) is 0 Å². The van der Waals surface area contributed by atoms with Crippen LogP contribution in [0, 0.1) is 6.92 Å². The van der Waals surface area contributed by atoms with Gasteiger partial charge in [-0.25, -0.2) is 4.79 Å². The van der Waals surface area contributed by atoms with E-state index in [2.05, 4.69) is 66.9 Å². The number of nitrogens with zero attached hydrogens (tertiary/aromatic N) is 2. The van der Waals surface area contributed by atoms with Crippen LogP contribution in [-0.2, 0) is 19.6 Å². The molecule has 4 nitrogen and oxygen atoms in total. The molecule has 0 aliphatic heterocycles. The summed E-state index contributed by atoms with van der Waals surface area (Å²) >= 11 is 1.69. The Labute approximate surface area is 142 Å². The number of rotatable bonds is 6. The van der Waals surface area contributed by atoms with Crippen molar-refractivity contribution >= 4 is 17.4 Å². The normalized spacial score (nSPS) is 10.8. The van der Waals surface area contributed by atoms with E-state index in [1.807, 2.05) is 7.05 Å². The zero-order valence-electron chi connectivity index (χ0n) is 14.3. The molecule has 1 aromatic carbocycles. The molecule has 1 N–H and O–H groups in total. The number of benzene rings is 1. The van der Waals surface area contributed by atoms with Gasteiger partial charge < -0.3 is 15.1 Å². The van der Waals surface area contributed by atoms with E-state index in [9.17, 15) is 4.79 Å². The second-order valence-corrected chi connectivity index (χ2v) is 7.10. The molecule has 0 fully saturated rings. The van der Waals surface area contributed by atoms with Gasteiger partial charge in [-0.05, 0) is 49.2 Å². The Kier molecular flexibility index (Phi) is 6.19. The van der Waals surface area contributed by atoms with Crippen LogP contribution in [-0.4, -0.2) is 37.0 Å². The first-order valence-corrected chi connectivity index (χ1v) is 8.58. The summed E-state index contributed by atoms with van der Waals surface area (Å²) in [5.74, 6) is 0. The molecular weight excluding hydrogens is 306 g/mol. The van der Waals surface area contributed by atoms with E-state index in [0.29, 0.717) is 13.1 Å². The Morgan fingerprint density at radius 1 is 1.04 bits per heavy atom. The Hall–Kier alpha value is -1.85. The molecule has 2 rings (SSSR count). The van der Waals surface area contributed by atoms with Crippen molar-refractivity contribution < 1.29 is 4.79 Å². The number of aryl methyl sites for hydroxylation is 1. The van der Waals surface area contributed by atoms with E-state index in [1.165, 1.54) is 16.0 Å². The molecule has 0 saturated heterocycles. The van der Waals surface area contributed by atoms with Gasteiger partial charge in [0.1, 0.15) is 0 Å². The second kappa shape index (κ2) is 8.13. The van der Waals surface area contributed by atoms with Gasteiger partial charge in [-0.2, -0.15) is 0 Å². The molecule has 0 spiro atoms. The highest BCUT2D eigenvalue weighted by molar-refractivity contribution is 7.10. The number of urea groups is 1. The highest BCUT2D eigenvalue weighted by Crippen LogP contribution is 2.17. The fourth-order valence-electron chi connectivity index (χ4n) is 2.29. The molecule has 124 valence electrons. The third kappa shape index (κ3) is 5.37. The third-order valence-corrected chi connectivity index (χ3v) is 4.67. The summed E-state index contributed by atoms with van der Waals surface area (Å²) in [6.07, 6.45) is 0. The number of thiophene rings is 1. The molecule has 2 amide bonds. The molecule has 0 aliphatic rings. The van der Waals surface area contributed by atoms with Crippen LogP contribution >= 0.6 is 11.3 Å². The lowest BCUT2D eigenvalue weighted by molar-refractivity contribution is 0.207. The summed E-state index contributed by atoms with van der Waals surface area (Å²) in [7, 11) is 5.94. The molecule has 5 heteroatoms. The van der Waals surface area contributed by atoms with Crippen molar-refractivity contribution in [1.29, 1.82) is 0 Å². The van der Waals surface area contributed by atoms with Crippen molar-refractivity contribution in [3.05, 3.63) is 57.3 Å². The maximum atomic E-state index is 12.2. The maximum Gasteiger partial charge on any atom is 0.317 e. The molecule has 1 heterocycles. The minimum Gasteiger partial charge on any atom is -0.334 e. The molecule has 0 aliphatic carbocycles. The summed E-state index contributed by atoms with van der Waals surface area (Å²) in [6.45, 7) is 4.20. The van der Waals surface area contributed by atoms with Crippen LogP contribution < -0.4 is 5.32 Å². The van der Waals surface area contributed by atoms with Gasteiger partial charge in [-0.3, -0.25) is 0 Å². The molecule has 0 unspecified atom stereocenters. The van der Waals surface area contributed by atoms with Crippen LogP contribution in [0.5, 0.6) is 0 Å². The first-order chi connectivity index (χ1) is 11.0. The topological polar surface area (TPSA) is 35.6 Å². The van der Waals surface area contributed by atoms with Crippen molar-refractivity contribution in [2.75, 3.05) is 21.1 Å². The fraction of sp³-hybridized carbons (Fsp3) is 0.389. The minimum absolute atomic E-state index is 0.0461. The maximum absolute atomic E-state index is 12.2. The number of amides is 2. The quantitative estimate of drug-likeness (QED) is 0.880. The molecule has 0 saturated carbocycles. The Balaban J connectivity index is 1.82. The van der Waals surface area contributed by atoms with Gasteiger partial charge in [0.25, 0.3) is 0 Å². The van der Waals surface area contributed by atoms with Crippen molar-refractivity contribution in [2.24, 2.45) is 0 Å². The van der Waals surface area contributed by atoms with E-state index in [4.69, 9.17) is 0 Å². The van der Waals surface area contributed by atoms with E-state index in [-0.39, 0.29) is 6.03 Å². The summed E-state index contributed by atoms with van der Waals surface area (Å²) in [6, 6.07) is 10.4. The summed E-state index contributed by atoms with van der Waals surface area (Å²) in [5.41, 5.74) is 3.63. The molecule has 23 heavy (non-hydrogen) atoms. The third-order valence-electron chi connectivity index (χ3n) is 3.66. The molecular formula is C18H25N3OS. The average Bonchev–Trinajstić information content (AvgIpc) is 2.91. The van der Waals surface area contributed by atoms with E-state index in [1.54, 1.807) is 16.2 Å². The van der Waals surface area contributed by atoms with Crippen LogP contribution in [0.1, 0.15) is 21.6 Å². The zero-order chi connectivity index (χ0) is 16.8. The number of carbonyl (C=O) groups excluding carboxylic acids is 1. The van der Waals surface area contributed by atoms with E-state index in [0.717, 1.165) is 12.1 Å². The minimum atomic E-state index is -0.0461. The summed E-state index contributed by atoms with van der Waals surface area (Å²) in [5, 5.41) is 5.03. The molecule has 0 radical (unpaired) electrons. The lowest BCUT2D eigenvalue weighted by Gasteiger charge is -2.18.